The molecule has 2 aromatic heterocycles. The minimum atomic E-state index is 0.426. The fraction of sp³-hybridized carbons (Fsp3) is 0.312. The molecule has 4 rings (SSSR count). The van der Waals surface area contributed by atoms with Gasteiger partial charge in [0.05, 0.1) is 38.3 Å². The minimum Gasteiger partial charge on any atom is -0.493 e. The highest BCUT2D eigenvalue weighted by atomic mass is 16.5. The summed E-state index contributed by atoms with van der Waals surface area (Å²) in [5, 5.41) is 0.749. The predicted molar refractivity (Wildman–Crippen MR) is 90.3 cm³/mol. The van der Waals surface area contributed by atoms with Gasteiger partial charge in [0.1, 0.15) is 5.82 Å². The van der Waals surface area contributed by atoms with Crippen molar-refractivity contribution in [3.63, 3.8) is 0 Å². The topological polar surface area (TPSA) is 91.3 Å². The molecule has 1 aromatic carbocycles. The van der Waals surface area contributed by atoms with E-state index in [-0.39, 0.29) is 0 Å². The zero-order valence-electron chi connectivity index (χ0n) is 13.6. The molecule has 0 saturated carbocycles. The van der Waals surface area contributed by atoms with E-state index in [0.717, 1.165) is 29.7 Å². The van der Waals surface area contributed by atoms with Gasteiger partial charge in [-0.1, -0.05) is 0 Å². The number of imidazole rings is 1. The van der Waals surface area contributed by atoms with Crippen LogP contribution in [0.2, 0.25) is 0 Å². The Morgan fingerprint density at radius 3 is 2.67 bits per heavy atom. The van der Waals surface area contributed by atoms with Crippen LogP contribution in [0, 0.1) is 0 Å². The Balaban J connectivity index is 1.77. The van der Waals surface area contributed by atoms with Gasteiger partial charge in [-0.3, -0.25) is 0 Å². The number of benzene rings is 1. The molecule has 0 bridgehead atoms. The summed E-state index contributed by atoms with van der Waals surface area (Å²) < 4.78 is 12.8. The third-order valence-electron chi connectivity index (χ3n) is 4.26. The predicted octanol–water partition coefficient (Wildman–Crippen LogP) is 1.45. The van der Waals surface area contributed by atoms with E-state index >= 15 is 0 Å². The number of ether oxygens (including phenoxy) is 2. The van der Waals surface area contributed by atoms with Gasteiger partial charge in [-0.2, -0.15) is 4.98 Å². The van der Waals surface area contributed by atoms with Crippen LogP contribution in [-0.2, 0) is 13.1 Å². The first-order valence-electron chi connectivity index (χ1n) is 7.63. The molecule has 2 N–H and O–H groups in total. The van der Waals surface area contributed by atoms with Crippen molar-refractivity contribution in [3.05, 3.63) is 30.4 Å². The maximum atomic E-state index is 6.16. The van der Waals surface area contributed by atoms with Gasteiger partial charge in [0.2, 0.25) is 5.95 Å². The molecule has 0 saturated heterocycles. The number of hydrogen-bond donors (Lipinski definition) is 1. The monoisotopic (exact) mass is 326 g/mol. The maximum absolute atomic E-state index is 6.16. The van der Waals surface area contributed by atoms with E-state index in [1.807, 2.05) is 18.6 Å². The molecule has 3 aromatic rings. The number of methoxy groups -OCH3 is 2. The molecule has 24 heavy (non-hydrogen) atoms. The molecule has 1 aliphatic heterocycles. The molecule has 8 heteroatoms. The summed E-state index contributed by atoms with van der Waals surface area (Å²) >= 11 is 0. The summed E-state index contributed by atoms with van der Waals surface area (Å²) in [6.07, 6.45) is 3.71. The third kappa shape index (κ3) is 2.27. The Labute approximate surface area is 138 Å². The fourth-order valence-corrected chi connectivity index (χ4v) is 2.96. The highest BCUT2D eigenvalue weighted by molar-refractivity contribution is 5.91. The lowest BCUT2D eigenvalue weighted by atomic mass is 10.2. The summed E-state index contributed by atoms with van der Waals surface area (Å²) in [4.78, 5) is 15.4. The summed E-state index contributed by atoms with van der Waals surface area (Å²) in [7, 11) is 3.19. The summed E-state index contributed by atoms with van der Waals surface area (Å²) in [5.41, 5.74) is 8.03. The zero-order valence-corrected chi connectivity index (χ0v) is 13.6. The van der Waals surface area contributed by atoms with Crippen molar-refractivity contribution >= 4 is 22.7 Å². The third-order valence-corrected chi connectivity index (χ3v) is 4.26. The van der Waals surface area contributed by atoms with Crippen LogP contribution in [0.3, 0.4) is 0 Å². The van der Waals surface area contributed by atoms with Crippen molar-refractivity contribution < 1.29 is 9.47 Å². The quantitative estimate of drug-likeness (QED) is 0.779. The van der Waals surface area contributed by atoms with Gasteiger partial charge >= 0.3 is 0 Å². The molecule has 8 nitrogen and oxygen atoms in total. The number of nitrogens with two attached hydrogens (primary N) is 1. The first-order valence-corrected chi connectivity index (χ1v) is 7.63. The van der Waals surface area contributed by atoms with Gasteiger partial charge in [0.25, 0.3) is 0 Å². The average molecular weight is 326 g/mol. The molecule has 0 unspecified atom stereocenters. The van der Waals surface area contributed by atoms with E-state index < -0.39 is 0 Å². The second-order valence-corrected chi connectivity index (χ2v) is 5.63. The number of nitrogen functional groups attached to an aromatic ring is 1. The molecule has 1 aliphatic rings. The van der Waals surface area contributed by atoms with Crippen LogP contribution in [0.1, 0.15) is 5.69 Å². The van der Waals surface area contributed by atoms with Crippen LogP contribution in [-0.4, -0.2) is 40.3 Å². The summed E-state index contributed by atoms with van der Waals surface area (Å²) in [5.74, 6) is 2.26. The molecule has 0 fully saturated rings. The van der Waals surface area contributed by atoms with Crippen LogP contribution in [0.25, 0.3) is 10.9 Å². The second kappa shape index (κ2) is 5.55. The molecule has 0 spiro atoms. The van der Waals surface area contributed by atoms with E-state index in [2.05, 4.69) is 24.4 Å². The normalized spacial score (nSPS) is 13.8. The van der Waals surface area contributed by atoms with Crippen LogP contribution < -0.4 is 20.1 Å². The van der Waals surface area contributed by atoms with Gasteiger partial charge in [0.15, 0.2) is 11.5 Å². The molecule has 0 atom stereocenters. The maximum Gasteiger partial charge on any atom is 0.228 e. The van der Waals surface area contributed by atoms with Gasteiger partial charge in [-0.15, -0.1) is 0 Å². The Bertz CT molecular complexity index is 907. The number of aromatic nitrogens is 4. The Morgan fingerprint density at radius 1 is 1.08 bits per heavy atom. The van der Waals surface area contributed by atoms with Crippen LogP contribution in [0.15, 0.2) is 24.7 Å². The van der Waals surface area contributed by atoms with Crippen molar-refractivity contribution in [1.82, 2.24) is 19.5 Å². The molecular formula is C16H18N6O2. The largest absolute Gasteiger partial charge is 0.493 e. The van der Waals surface area contributed by atoms with E-state index in [0.29, 0.717) is 29.8 Å². The smallest absolute Gasteiger partial charge is 0.228 e. The Morgan fingerprint density at radius 2 is 1.88 bits per heavy atom. The molecule has 3 heterocycles. The van der Waals surface area contributed by atoms with Crippen molar-refractivity contribution in [3.8, 4) is 11.5 Å². The van der Waals surface area contributed by atoms with E-state index in [4.69, 9.17) is 15.2 Å². The van der Waals surface area contributed by atoms with Gasteiger partial charge in [-0.05, 0) is 6.07 Å². The van der Waals surface area contributed by atoms with Crippen LogP contribution in [0.5, 0.6) is 11.5 Å². The fourth-order valence-electron chi connectivity index (χ4n) is 2.96. The van der Waals surface area contributed by atoms with E-state index in [1.54, 1.807) is 20.3 Å². The van der Waals surface area contributed by atoms with E-state index in [9.17, 15) is 0 Å². The molecule has 0 radical (unpaired) electrons. The molecule has 0 aliphatic carbocycles. The van der Waals surface area contributed by atoms with Gasteiger partial charge in [0, 0.05) is 30.7 Å². The zero-order chi connectivity index (χ0) is 16.7. The first kappa shape index (κ1) is 14.6. The lowest BCUT2D eigenvalue weighted by molar-refractivity contribution is 0.356. The standard InChI is InChI=1S/C16H18N6O2/c1-23-13-5-11-12(6-14(13)24-2)19-16(20-15(11)17)21-3-4-22-9-18-7-10(22)8-21/h5-7,9H,3-4,8H2,1-2H3,(H2,17,19,20). The molecule has 0 amide bonds. The Hall–Kier alpha value is -3.03. The Kier molecular flexibility index (Phi) is 3.37. The highest BCUT2D eigenvalue weighted by Gasteiger charge is 2.20. The summed E-state index contributed by atoms with van der Waals surface area (Å²) in [6.45, 7) is 2.36. The lowest BCUT2D eigenvalue weighted by Crippen LogP contribution is -2.34. The van der Waals surface area contributed by atoms with Crippen molar-refractivity contribution in [2.45, 2.75) is 13.1 Å². The van der Waals surface area contributed by atoms with Crippen molar-refractivity contribution in [1.29, 1.82) is 0 Å². The molecule has 124 valence electrons. The number of fused-ring (bicyclic) bond motifs is 2. The van der Waals surface area contributed by atoms with Crippen molar-refractivity contribution in [2.75, 3.05) is 31.4 Å². The average Bonchev–Trinajstić information content (AvgIpc) is 3.08. The number of hydrogen-bond acceptors (Lipinski definition) is 7. The first-order chi connectivity index (χ1) is 11.7. The lowest BCUT2D eigenvalue weighted by Gasteiger charge is -2.28. The van der Waals surface area contributed by atoms with Gasteiger partial charge in [-0.25, -0.2) is 9.97 Å². The minimum absolute atomic E-state index is 0.426. The number of nitrogens with zero attached hydrogens (tertiary/aromatic N) is 5. The SMILES string of the molecule is COc1cc2nc(N3CCn4cncc4C3)nc(N)c2cc1OC. The number of anilines is 2. The molecular weight excluding hydrogens is 308 g/mol. The summed E-state index contributed by atoms with van der Waals surface area (Å²) in [6, 6.07) is 3.63. The van der Waals surface area contributed by atoms with Crippen LogP contribution >= 0.6 is 0 Å². The number of rotatable bonds is 3. The van der Waals surface area contributed by atoms with Gasteiger partial charge < -0.3 is 24.7 Å². The van der Waals surface area contributed by atoms with E-state index in [1.165, 1.54) is 0 Å². The van der Waals surface area contributed by atoms with Crippen molar-refractivity contribution in [2.24, 2.45) is 0 Å². The van der Waals surface area contributed by atoms with Crippen LogP contribution in [0.4, 0.5) is 11.8 Å². The second-order valence-electron chi connectivity index (χ2n) is 5.63. The highest BCUT2D eigenvalue weighted by Crippen LogP contribution is 2.34.